The highest BCUT2D eigenvalue weighted by Gasteiger charge is 2.45. The molecule has 1 fully saturated rings. The largest absolute Gasteiger partial charge is 0.477 e. The van der Waals surface area contributed by atoms with Crippen LogP contribution in [0.2, 0.25) is 0 Å². The van der Waals surface area contributed by atoms with E-state index in [0.717, 1.165) is 5.56 Å². The van der Waals surface area contributed by atoms with Crippen molar-refractivity contribution in [2.45, 2.75) is 38.8 Å². The Morgan fingerprint density at radius 1 is 1.28 bits per heavy atom. The normalized spacial score (nSPS) is 19.4. The summed E-state index contributed by atoms with van der Waals surface area (Å²) in [4.78, 5) is 42.0. The topological polar surface area (TPSA) is 117 Å². The Balaban J connectivity index is 1.80. The summed E-state index contributed by atoms with van der Waals surface area (Å²) in [5.74, 6) is -1.78. The van der Waals surface area contributed by atoms with E-state index in [0.29, 0.717) is 6.42 Å². The lowest BCUT2D eigenvalue weighted by Gasteiger charge is -2.38. The number of rotatable bonds is 5. The van der Waals surface area contributed by atoms with Gasteiger partial charge < -0.3 is 15.3 Å². The molecule has 2 N–H and O–H groups in total. The molecule has 29 heavy (non-hydrogen) atoms. The van der Waals surface area contributed by atoms with Crippen LogP contribution in [0.15, 0.2) is 30.6 Å². The lowest BCUT2D eigenvalue weighted by molar-refractivity contribution is -0.133. The number of carbonyl (C=O) groups is 3. The van der Waals surface area contributed by atoms with E-state index >= 15 is 0 Å². The van der Waals surface area contributed by atoms with Crippen LogP contribution in [0.25, 0.3) is 0 Å². The Bertz CT molecular complexity index is 946. The maximum Gasteiger partial charge on any atom is 0.354 e. The highest BCUT2D eigenvalue weighted by molar-refractivity contribution is 5.94. The van der Waals surface area contributed by atoms with Gasteiger partial charge in [0.2, 0.25) is 5.91 Å². The third-order valence-corrected chi connectivity index (χ3v) is 4.94. The molecule has 0 saturated carbocycles. The van der Waals surface area contributed by atoms with Gasteiger partial charge in [0.1, 0.15) is 11.4 Å². The maximum absolute atomic E-state index is 12.8. The van der Waals surface area contributed by atoms with Crippen molar-refractivity contribution in [2.75, 3.05) is 6.54 Å². The van der Waals surface area contributed by atoms with Crippen LogP contribution in [-0.2, 0) is 11.8 Å². The number of hydrogen-bond donors (Lipinski definition) is 2. The van der Waals surface area contributed by atoms with Crippen LogP contribution in [0.1, 0.15) is 59.8 Å². The summed E-state index contributed by atoms with van der Waals surface area (Å²) in [6, 6.07) is 4.05. The van der Waals surface area contributed by atoms with E-state index in [1.165, 1.54) is 18.2 Å². The Hall–Kier alpha value is -3.23. The summed E-state index contributed by atoms with van der Waals surface area (Å²) >= 11 is 0. The number of carboxylic acid groups (broad SMARTS) is 1. The van der Waals surface area contributed by atoms with Gasteiger partial charge in [-0.25, -0.2) is 9.78 Å². The summed E-state index contributed by atoms with van der Waals surface area (Å²) in [5.41, 5.74) is 0.368. The number of carbonyl (C=O) groups excluding carboxylic acids is 2. The Labute approximate surface area is 168 Å². The van der Waals surface area contributed by atoms with Gasteiger partial charge in [-0.15, -0.1) is 0 Å². The third-order valence-electron chi connectivity index (χ3n) is 4.94. The Kier molecular flexibility index (Phi) is 5.41. The second-order valence-electron chi connectivity index (χ2n) is 8.21. The fraction of sp³-hybridized carbons (Fsp3) is 0.450. The zero-order chi connectivity index (χ0) is 21.3. The van der Waals surface area contributed by atoms with Crippen molar-refractivity contribution in [1.82, 2.24) is 25.0 Å². The quantitative estimate of drug-likeness (QED) is 0.789. The molecule has 0 unspecified atom stereocenters. The van der Waals surface area contributed by atoms with Crippen LogP contribution in [-0.4, -0.2) is 54.6 Å². The second-order valence-corrected chi connectivity index (χ2v) is 8.21. The monoisotopic (exact) mass is 399 g/mol. The summed E-state index contributed by atoms with van der Waals surface area (Å²) in [7, 11) is 1.82. The van der Waals surface area contributed by atoms with Gasteiger partial charge in [0.25, 0.3) is 5.91 Å². The smallest absolute Gasteiger partial charge is 0.354 e. The van der Waals surface area contributed by atoms with Gasteiger partial charge >= 0.3 is 5.97 Å². The molecule has 0 spiro atoms. The van der Waals surface area contributed by atoms with E-state index in [-0.39, 0.29) is 41.3 Å². The maximum atomic E-state index is 12.8. The summed E-state index contributed by atoms with van der Waals surface area (Å²) in [6.07, 6.45) is 3.93. The number of aryl methyl sites for hydroxylation is 1. The second kappa shape index (κ2) is 7.65. The average Bonchev–Trinajstić information content (AvgIpc) is 3.22. The molecule has 9 nitrogen and oxygen atoms in total. The molecule has 0 aromatic carbocycles. The van der Waals surface area contributed by atoms with Crippen molar-refractivity contribution in [1.29, 1.82) is 0 Å². The van der Waals surface area contributed by atoms with Gasteiger partial charge in [-0.2, -0.15) is 5.10 Å². The number of hydrogen-bond acceptors (Lipinski definition) is 5. The van der Waals surface area contributed by atoms with Gasteiger partial charge in [0.15, 0.2) is 0 Å². The molecule has 1 saturated heterocycles. The number of carboxylic acids is 1. The standard InChI is InChI=1S/C20H25N5O4/c1-20(2,3)25-16(26)8-12(17(25)13-10-22-24(4)11-13)9-21-18(27)14-6-5-7-15(23-14)19(28)29/h5-7,10-12,17H,8-9H2,1-4H3,(H,21,27)(H,28,29)/t12-,17+/m1/s1. The minimum Gasteiger partial charge on any atom is -0.477 e. The number of amides is 2. The number of likely N-dealkylation sites (tertiary alicyclic amines) is 1. The van der Waals surface area contributed by atoms with E-state index in [4.69, 9.17) is 5.11 Å². The molecule has 3 heterocycles. The zero-order valence-electron chi connectivity index (χ0n) is 16.9. The average molecular weight is 399 g/mol. The molecule has 0 aliphatic carbocycles. The van der Waals surface area contributed by atoms with E-state index in [1.54, 1.807) is 10.9 Å². The van der Waals surface area contributed by atoms with Crippen molar-refractivity contribution >= 4 is 17.8 Å². The van der Waals surface area contributed by atoms with E-state index in [1.807, 2.05) is 38.9 Å². The van der Waals surface area contributed by atoms with Crippen molar-refractivity contribution in [3.8, 4) is 0 Å². The number of nitrogens with one attached hydrogen (secondary N) is 1. The van der Waals surface area contributed by atoms with E-state index in [2.05, 4.69) is 15.4 Å². The van der Waals surface area contributed by atoms with Crippen molar-refractivity contribution in [3.63, 3.8) is 0 Å². The molecule has 2 aromatic heterocycles. The molecule has 3 rings (SSSR count). The molecule has 0 radical (unpaired) electrons. The molecule has 2 amide bonds. The first-order chi connectivity index (χ1) is 13.6. The third kappa shape index (κ3) is 4.28. The molecule has 154 valence electrons. The predicted octanol–water partition coefficient (Wildman–Crippen LogP) is 1.63. The number of nitrogens with zero attached hydrogens (tertiary/aromatic N) is 4. The van der Waals surface area contributed by atoms with Crippen LogP contribution in [0.3, 0.4) is 0 Å². The van der Waals surface area contributed by atoms with Crippen LogP contribution < -0.4 is 5.32 Å². The predicted molar refractivity (Wildman–Crippen MR) is 104 cm³/mol. The Morgan fingerprint density at radius 2 is 1.97 bits per heavy atom. The first kappa shape index (κ1) is 20.5. The van der Waals surface area contributed by atoms with Crippen LogP contribution in [0.4, 0.5) is 0 Å². The fourth-order valence-electron chi connectivity index (χ4n) is 3.78. The fourth-order valence-corrected chi connectivity index (χ4v) is 3.78. The summed E-state index contributed by atoms with van der Waals surface area (Å²) in [5, 5.41) is 16.1. The SMILES string of the molecule is Cn1cc([C@@H]2[C@@H](CNC(=O)c3cccc(C(=O)O)n3)CC(=O)N2C(C)(C)C)cn1. The van der Waals surface area contributed by atoms with E-state index < -0.39 is 11.9 Å². The first-order valence-electron chi connectivity index (χ1n) is 9.37. The van der Waals surface area contributed by atoms with Crippen LogP contribution >= 0.6 is 0 Å². The number of aromatic nitrogens is 3. The van der Waals surface area contributed by atoms with E-state index in [9.17, 15) is 14.4 Å². The molecule has 2 aromatic rings. The van der Waals surface area contributed by atoms with Gasteiger partial charge in [0, 0.05) is 43.2 Å². The number of pyridine rings is 1. The van der Waals surface area contributed by atoms with Gasteiger partial charge in [-0.3, -0.25) is 14.3 Å². The lowest BCUT2D eigenvalue weighted by atomic mass is 9.93. The van der Waals surface area contributed by atoms with Crippen molar-refractivity contribution in [2.24, 2.45) is 13.0 Å². The van der Waals surface area contributed by atoms with Gasteiger partial charge in [-0.1, -0.05) is 6.07 Å². The zero-order valence-corrected chi connectivity index (χ0v) is 16.9. The summed E-state index contributed by atoms with van der Waals surface area (Å²) in [6.45, 7) is 6.21. The molecular formula is C20H25N5O4. The van der Waals surface area contributed by atoms with Crippen LogP contribution in [0.5, 0.6) is 0 Å². The van der Waals surface area contributed by atoms with Crippen LogP contribution in [0, 0.1) is 5.92 Å². The minimum absolute atomic E-state index is 0.0246. The lowest BCUT2D eigenvalue weighted by Crippen LogP contribution is -2.44. The van der Waals surface area contributed by atoms with Gasteiger partial charge in [-0.05, 0) is 32.9 Å². The van der Waals surface area contributed by atoms with Gasteiger partial charge in [0.05, 0.1) is 12.2 Å². The minimum atomic E-state index is -1.20. The highest BCUT2D eigenvalue weighted by Crippen LogP contribution is 2.42. The van der Waals surface area contributed by atoms with Crippen molar-refractivity contribution in [3.05, 3.63) is 47.5 Å². The summed E-state index contributed by atoms with van der Waals surface area (Å²) < 4.78 is 1.69. The molecular weight excluding hydrogens is 374 g/mol. The molecule has 0 bridgehead atoms. The Morgan fingerprint density at radius 3 is 2.55 bits per heavy atom. The molecule has 1 aliphatic heterocycles. The number of aromatic carboxylic acids is 1. The highest BCUT2D eigenvalue weighted by atomic mass is 16.4. The molecule has 1 aliphatic rings. The molecule has 9 heteroatoms. The first-order valence-corrected chi connectivity index (χ1v) is 9.37. The van der Waals surface area contributed by atoms with Crippen molar-refractivity contribution < 1.29 is 19.5 Å². The molecule has 2 atom stereocenters.